The van der Waals surface area contributed by atoms with Crippen molar-refractivity contribution in [2.45, 2.75) is 24.4 Å². The fourth-order valence-corrected chi connectivity index (χ4v) is 5.38. The number of ether oxygens (including phenoxy) is 1. The summed E-state index contributed by atoms with van der Waals surface area (Å²) in [7, 11) is 1.80. The number of rotatable bonds is 4. The Bertz CT molecular complexity index is 937. The molecule has 30 heavy (non-hydrogen) atoms. The highest BCUT2D eigenvalue weighted by molar-refractivity contribution is 5.50. The van der Waals surface area contributed by atoms with Crippen LogP contribution >= 0.6 is 0 Å². The van der Waals surface area contributed by atoms with E-state index in [-0.39, 0.29) is 36.9 Å². The minimum absolute atomic E-state index is 0.0345. The van der Waals surface area contributed by atoms with Crippen LogP contribution in [0.4, 0.5) is 19.0 Å². The van der Waals surface area contributed by atoms with E-state index in [1.54, 1.807) is 16.6 Å². The summed E-state index contributed by atoms with van der Waals surface area (Å²) in [5.41, 5.74) is -0.559. The number of hydrogen-bond acceptors (Lipinski definition) is 7. The van der Waals surface area contributed by atoms with Gasteiger partial charge in [0, 0.05) is 64.1 Å². The first-order chi connectivity index (χ1) is 14.3. The van der Waals surface area contributed by atoms with Crippen LogP contribution in [0.2, 0.25) is 0 Å². The van der Waals surface area contributed by atoms with Crippen LogP contribution in [0.25, 0.3) is 0 Å². The summed E-state index contributed by atoms with van der Waals surface area (Å²) in [6.45, 7) is 2.37. The Morgan fingerprint density at radius 3 is 2.83 bits per heavy atom. The van der Waals surface area contributed by atoms with Crippen LogP contribution in [0.15, 0.2) is 24.5 Å². The lowest BCUT2D eigenvalue weighted by Gasteiger charge is -2.41. The first-order valence-corrected chi connectivity index (χ1v) is 9.92. The van der Waals surface area contributed by atoms with Crippen molar-refractivity contribution in [2.24, 2.45) is 18.9 Å². The molecule has 0 unspecified atom stereocenters. The summed E-state index contributed by atoms with van der Waals surface area (Å²) in [6.07, 6.45) is -1.58. The number of aliphatic hydroxyl groups excluding tert-OH is 1. The van der Waals surface area contributed by atoms with Crippen LogP contribution in [-0.4, -0.2) is 74.5 Å². The number of pyridine rings is 1. The molecule has 2 aromatic rings. The van der Waals surface area contributed by atoms with E-state index >= 15 is 0 Å². The fraction of sp³-hybridized carbons (Fsp3) is 0.632. The summed E-state index contributed by atoms with van der Waals surface area (Å²) in [4.78, 5) is 7.94. The van der Waals surface area contributed by atoms with Gasteiger partial charge in [-0.1, -0.05) is 5.21 Å². The third-order valence-corrected chi connectivity index (χ3v) is 6.50. The highest BCUT2D eigenvalue weighted by atomic mass is 19.4. The maximum absolute atomic E-state index is 13.6. The number of hydrogen-bond donors (Lipinski definition) is 1. The number of nitrogens with zero attached hydrogens (tertiary/aromatic N) is 6. The van der Waals surface area contributed by atoms with Crippen molar-refractivity contribution in [1.29, 1.82) is 0 Å². The zero-order valence-electron chi connectivity index (χ0n) is 16.5. The lowest BCUT2D eigenvalue weighted by Crippen LogP contribution is -2.54. The highest BCUT2D eigenvalue weighted by Gasteiger charge is 2.62. The van der Waals surface area contributed by atoms with Gasteiger partial charge in [-0.2, -0.15) is 13.2 Å². The van der Waals surface area contributed by atoms with Crippen LogP contribution in [-0.2, 0) is 24.5 Å². The summed E-state index contributed by atoms with van der Waals surface area (Å²) >= 11 is 0. The van der Waals surface area contributed by atoms with Crippen LogP contribution in [0.1, 0.15) is 11.3 Å². The van der Waals surface area contributed by atoms with Gasteiger partial charge >= 0.3 is 6.18 Å². The quantitative estimate of drug-likeness (QED) is 0.782. The zero-order valence-corrected chi connectivity index (χ0v) is 16.5. The second-order valence-electron chi connectivity index (χ2n) is 8.48. The second kappa shape index (κ2) is 6.89. The Balaban J connectivity index is 1.43. The number of anilines is 1. The summed E-state index contributed by atoms with van der Waals surface area (Å²) in [6, 6.07) is 2.37. The van der Waals surface area contributed by atoms with E-state index in [4.69, 9.17) is 4.74 Å². The molecule has 4 atom stereocenters. The first-order valence-electron chi connectivity index (χ1n) is 9.92. The summed E-state index contributed by atoms with van der Waals surface area (Å²) < 4.78 is 48.7. The van der Waals surface area contributed by atoms with E-state index in [2.05, 4.69) is 20.2 Å². The Kier molecular flexibility index (Phi) is 4.53. The molecule has 0 radical (unpaired) electrons. The third-order valence-electron chi connectivity index (χ3n) is 6.50. The molecule has 162 valence electrons. The second-order valence-corrected chi connectivity index (χ2v) is 8.48. The van der Waals surface area contributed by atoms with Crippen molar-refractivity contribution in [2.75, 3.05) is 37.7 Å². The molecule has 3 aliphatic heterocycles. The number of halogens is 3. The van der Waals surface area contributed by atoms with Crippen LogP contribution in [0.3, 0.4) is 0 Å². The molecule has 0 saturated carbocycles. The molecule has 11 heteroatoms. The number of likely N-dealkylation sites (tertiary alicyclic amines) is 1. The maximum atomic E-state index is 13.6. The Morgan fingerprint density at radius 1 is 1.30 bits per heavy atom. The number of aromatic nitrogens is 4. The predicted octanol–water partition coefficient (Wildman–Crippen LogP) is 0.927. The van der Waals surface area contributed by atoms with Gasteiger partial charge in [-0.3, -0.25) is 9.58 Å². The van der Waals surface area contributed by atoms with Gasteiger partial charge in [0.2, 0.25) is 0 Å². The van der Waals surface area contributed by atoms with Crippen molar-refractivity contribution in [3.05, 3.63) is 35.8 Å². The molecule has 0 amide bonds. The van der Waals surface area contributed by atoms with Crippen molar-refractivity contribution in [3.63, 3.8) is 0 Å². The topological polar surface area (TPSA) is 79.5 Å². The number of aliphatic hydroxyl groups is 1. The number of alkyl halides is 3. The standard InChI is InChI=1S/C19H23F3N6O2/c1-26-5-12(24-25-26)6-27-7-15-13(9-29)16-8-28(11-18(15,10-27)30-16)17-14(19(20,21)22)3-2-4-23-17/h2-5,13,15-16,29H,6-11H2,1H3/t13-,15+,16+,18-/m0/s1. The lowest BCUT2D eigenvalue weighted by atomic mass is 9.83. The monoisotopic (exact) mass is 424 g/mol. The molecule has 1 N–H and O–H groups in total. The average molecular weight is 424 g/mol. The maximum Gasteiger partial charge on any atom is 0.419 e. The van der Waals surface area contributed by atoms with Gasteiger partial charge in [-0.15, -0.1) is 5.10 Å². The van der Waals surface area contributed by atoms with Crippen molar-refractivity contribution in [1.82, 2.24) is 24.9 Å². The molecule has 0 aliphatic carbocycles. The number of morpholine rings is 1. The van der Waals surface area contributed by atoms with Gasteiger partial charge in [-0.05, 0) is 12.1 Å². The number of aryl methyl sites for hydroxylation is 1. The van der Waals surface area contributed by atoms with Crippen molar-refractivity contribution in [3.8, 4) is 0 Å². The van der Waals surface area contributed by atoms with E-state index in [0.717, 1.165) is 11.8 Å². The van der Waals surface area contributed by atoms with Crippen LogP contribution in [0.5, 0.6) is 0 Å². The minimum Gasteiger partial charge on any atom is -0.396 e. The molecule has 1 spiro atoms. The highest BCUT2D eigenvalue weighted by Crippen LogP contribution is 2.50. The van der Waals surface area contributed by atoms with Gasteiger partial charge in [0.15, 0.2) is 0 Å². The largest absolute Gasteiger partial charge is 0.419 e. The molecule has 2 aromatic heterocycles. The predicted molar refractivity (Wildman–Crippen MR) is 99.4 cm³/mol. The van der Waals surface area contributed by atoms with Gasteiger partial charge in [0.25, 0.3) is 0 Å². The van der Waals surface area contributed by atoms with Crippen molar-refractivity contribution < 1.29 is 23.0 Å². The first kappa shape index (κ1) is 19.7. The van der Waals surface area contributed by atoms with Gasteiger partial charge in [0.1, 0.15) is 11.4 Å². The normalized spacial score (nSPS) is 31.4. The molecular weight excluding hydrogens is 401 g/mol. The molecule has 3 saturated heterocycles. The van der Waals surface area contributed by atoms with E-state index < -0.39 is 17.3 Å². The van der Waals surface area contributed by atoms with Gasteiger partial charge < -0.3 is 14.7 Å². The fourth-order valence-electron chi connectivity index (χ4n) is 5.38. The molecule has 3 aliphatic rings. The summed E-state index contributed by atoms with van der Waals surface area (Å²) in [5, 5.41) is 18.1. The smallest absolute Gasteiger partial charge is 0.396 e. The van der Waals surface area contributed by atoms with E-state index in [1.165, 1.54) is 12.3 Å². The number of fused-ring (bicyclic) bond motifs is 1. The molecule has 3 fully saturated rings. The minimum atomic E-state index is -4.48. The summed E-state index contributed by atoms with van der Waals surface area (Å²) in [5.74, 6) is -0.158. The SMILES string of the molecule is Cn1cc(CN2C[C@@H]3[C@H](CO)[C@H]4CN(c5ncccc5C(F)(F)F)C[C@]3(C2)O4)nn1. The average Bonchev–Trinajstić information content (AvgIpc) is 3.30. The molecule has 2 bridgehead atoms. The third kappa shape index (κ3) is 3.15. The zero-order chi connectivity index (χ0) is 21.1. The Morgan fingerprint density at radius 2 is 2.13 bits per heavy atom. The molecule has 5 rings (SSSR count). The Labute approximate surface area is 171 Å². The van der Waals surface area contributed by atoms with Gasteiger partial charge in [0.05, 0.1) is 23.9 Å². The lowest BCUT2D eigenvalue weighted by molar-refractivity contribution is -0.137. The van der Waals surface area contributed by atoms with E-state index in [1.807, 2.05) is 6.20 Å². The van der Waals surface area contributed by atoms with Crippen LogP contribution < -0.4 is 4.90 Å². The molecule has 0 aromatic carbocycles. The van der Waals surface area contributed by atoms with E-state index in [0.29, 0.717) is 26.2 Å². The van der Waals surface area contributed by atoms with Crippen LogP contribution in [0, 0.1) is 11.8 Å². The van der Waals surface area contributed by atoms with Crippen molar-refractivity contribution >= 4 is 5.82 Å². The Hall–Kier alpha value is -2.24. The molecule has 8 nitrogen and oxygen atoms in total. The molecule has 5 heterocycles. The molecular formula is C19H23F3N6O2. The van der Waals surface area contributed by atoms with Gasteiger partial charge in [-0.25, -0.2) is 4.98 Å². The van der Waals surface area contributed by atoms with E-state index in [9.17, 15) is 18.3 Å².